The van der Waals surface area contributed by atoms with Gasteiger partial charge in [0, 0.05) is 17.1 Å². The number of amides is 1. The minimum atomic E-state index is -0.120. The largest absolute Gasteiger partial charge is 0.398 e. The Morgan fingerprint density at radius 1 is 1.53 bits per heavy atom. The molecule has 1 rings (SSSR count). The van der Waals surface area contributed by atoms with Crippen molar-refractivity contribution in [1.82, 2.24) is 5.32 Å². The van der Waals surface area contributed by atoms with Crippen LogP contribution < -0.4 is 11.1 Å². The summed E-state index contributed by atoms with van der Waals surface area (Å²) in [6, 6.07) is 5.87. The van der Waals surface area contributed by atoms with Crippen molar-refractivity contribution in [2.75, 3.05) is 12.3 Å². The van der Waals surface area contributed by atoms with Gasteiger partial charge >= 0.3 is 0 Å². The quantitative estimate of drug-likeness (QED) is 0.625. The van der Waals surface area contributed by atoms with E-state index in [4.69, 9.17) is 5.73 Å². The Hall–Kier alpha value is -1.16. The van der Waals surface area contributed by atoms with Crippen LogP contribution in [-0.2, 0) is 4.79 Å². The maximum atomic E-state index is 11.7. The summed E-state index contributed by atoms with van der Waals surface area (Å²) in [4.78, 5) is 12.7. The zero-order valence-electron chi connectivity index (χ0n) is 10.6. The zero-order valence-corrected chi connectivity index (χ0v) is 11.4. The number of rotatable bonds is 5. The van der Waals surface area contributed by atoms with Crippen LogP contribution in [0.1, 0.15) is 25.8 Å². The summed E-state index contributed by atoms with van der Waals surface area (Å²) >= 11 is 1.51. The van der Waals surface area contributed by atoms with Crippen LogP contribution in [0, 0.1) is 6.92 Å². The van der Waals surface area contributed by atoms with Gasteiger partial charge in [0.2, 0.25) is 5.91 Å². The zero-order chi connectivity index (χ0) is 12.8. The standard InChI is InChI=1S/C13H20N2OS/c1-4-7-15-13(16)10(3)17-12-8-9(2)5-6-11(12)14/h5-6,8,10H,4,7,14H2,1-3H3,(H,15,16). The van der Waals surface area contributed by atoms with E-state index < -0.39 is 0 Å². The van der Waals surface area contributed by atoms with Crippen LogP contribution in [0.3, 0.4) is 0 Å². The fourth-order valence-corrected chi connectivity index (χ4v) is 2.41. The molecule has 0 aliphatic heterocycles. The molecule has 3 N–H and O–H groups in total. The average molecular weight is 252 g/mol. The van der Waals surface area contributed by atoms with Crippen molar-refractivity contribution in [3.63, 3.8) is 0 Å². The van der Waals surface area contributed by atoms with E-state index in [2.05, 4.69) is 5.32 Å². The van der Waals surface area contributed by atoms with Gasteiger partial charge in [-0.25, -0.2) is 0 Å². The number of nitrogen functional groups attached to an aromatic ring is 1. The molecule has 0 fully saturated rings. The van der Waals surface area contributed by atoms with Crippen LogP contribution in [0.5, 0.6) is 0 Å². The predicted molar refractivity (Wildman–Crippen MR) is 74.2 cm³/mol. The lowest BCUT2D eigenvalue weighted by atomic mass is 10.2. The molecule has 0 heterocycles. The van der Waals surface area contributed by atoms with Gasteiger partial charge in [-0.05, 0) is 38.0 Å². The Labute approximate surface area is 107 Å². The first-order valence-electron chi connectivity index (χ1n) is 5.85. The molecular weight excluding hydrogens is 232 g/mol. The Balaban J connectivity index is 2.64. The summed E-state index contributed by atoms with van der Waals surface area (Å²) in [6.07, 6.45) is 0.954. The lowest BCUT2D eigenvalue weighted by Crippen LogP contribution is -2.31. The Morgan fingerprint density at radius 3 is 2.88 bits per heavy atom. The monoisotopic (exact) mass is 252 g/mol. The van der Waals surface area contributed by atoms with Gasteiger partial charge in [-0.3, -0.25) is 4.79 Å². The first kappa shape index (κ1) is 13.9. The minimum Gasteiger partial charge on any atom is -0.398 e. The molecule has 0 aliphatic rings. The Kier molecular flexibility index (Phi) is 5.35. The molecule has 1 amide bonds. The second kappa shape index (κ2) is 6.55. The summed E-state index contributed by atoms with van der Waals surface area (Å²) in [5.41, 5.74) is 7.77. The molecule has 94 valence electrons. The molecule has 3 nitrogen and oxygen atoms in total. The fourth-order valence-electron chi connectivity index (χ4n) is 1.38. The summed E-state index contributed by atoms with van der Waals surface area (Å²) in [7, 11) is 0. The third-order valence-corrected chi connectivity index (χ3v) is 3.57. The highest BCUT2D eigenvalue weighted by Gasteiger charge is 2.14. The van der Waals surface area contributed by atoms with Crippen molar-refractivity contribution < 1.29 is 4.79 Å². The summed E-state index contributed by atoms with van der Waals surface area (Å²) in [5, 5.41) is 2.77. The Bertz CT molecular complexity index is 393. The highest BCUT2D eigenvalue weighted by molar-refractivity contribution is 8.00. The van der Waals surface area contributed by atoms with E-state index in [-0.39, 0.29) is 11.2 Å². The van der Waals surface area contributed by atoms with Gasteiger partial charge in [0.15, 0.2) is 0 Å². The lowest BCUT2D eigenvalue weighted by molar-refractivity contribution is -0.120. The molecule has 1 aromatic carbocycles. The Morgan fingerprint density at radius 2 is 2.24 bits per heavy atom. The molecule has 1 aromatic rings. The van der Waals surface area contributed by atoms with Gasteiger partial charge < -0.3 is 11.1 Å². The molecule has 0 saturated carbocycles. The van der Waals surface area contributed by atoms with Crippen molar-refractivity contribution in [2.45, 2.75) is 37.3 Å². The smallest absolute Gasteiger partial charge is 0.233 e. The second-order valence-electron chi connectivity index (χ2n) is 4.09. The third kappa shape index (κ3) is 4.30. The summed E-state index contributed by atoms with van der Waals surface area (Å²) in [6.45, 7) is 6.69. The van der Waals surface area contributed by atoms with Crippen molar-refractivity contribution in [2.24, 2.45) is 0 Å². The van der Waals surface area contributed by atoms with Gasteiger partial charge in [-0.1, -0.05) is 13.0 Å². The molecule has 1 atom stereocenters. The molecule has 0 spiro atoms. The number of nitrogens with one attached hydrogen (secondary N) is 1. The SMILES string of the molecule is CCCNC(=O)C(C)Sc1cc(C)ccc1N. The van der Waals surface area contributed by atoms with Crippen molar-refractivity contribution in [3.8, 4) is 0 Å². The second-order valence-corrected chi connectivity index (χ2v) is 5.48. The molecule has 0 aromatic heterocycles. The highest BCUT2D eigenvalue weighted by Crippen LogP contribution is 2.29. The normalized spacial score (nSPS) is 12.2. The molecule has 17 heavy (non-hydrogen) atoms. The fraction of sp³-hybridized carbons (Fsp3) is 0.462. The maximum absolute atomic E-state index is 11.7. The molecule has 0 aliphatic carbocycles. The van der Waals surface area contributed by atoms with Crippen LogP contribution >= 0.6 is 11.8 Å². The summed E-state index contributed by atoms with van der Waals surface area (Å²) < 4.78 is 0. The van der Waals surface area contributed by atoms with Gasteiger partial charge in [-0.2, -0.15) is 0 Å². The number of hydrogen-bond donors (Lipinski definition) is 2. The van der Waals surface area contributed by atoms with E-state index in [1.54, 1.807) is 0 Å². The number of thioether (sulfide) groups is 1. The molecule has 0 radical (unpaired) electrons. The van der Waals surface area contributed by atoms with Crippen LogP contribution in [-0.4, -0.2) is 17.7 Å². The van der Waals surface area contributed by atoms with Gasteiger partial charge in [0.05, 0.1) is 5.25 Å². The van der Waals surface area contributed by atoms with E-state index in [0.717, 1.165) is 29.1 Å². The highest BCUT2D eigenvalue weighted by atomic mass is 32.2. The number of nitrogens with two attached hydrogens (primary N) is 1. The topological polar surface area (TPSA) is 55.1 Å². The lowest BCUT2D eigenvalue weighted by Gasteiger charge is -2.13. The molecular formula is C13H20N2OS. The number of carbonyl (C=O) groups excluding carboxylic acids is 1. The minimum absolute atomic E-state index is 0.0674. The van der Waals surface area contributed by atoms with Crippen LogP contribution in [0.2, 0.25) is 0 Å². The summed E-state index contributed by atoms with van der Waals surface area (Å²) in [5.74, 6) is 0.0674. The molecule has 0 saturated heterocycles. The van der Waals surface area contributed by atoms with E-state index in [0.29, 0.717) is 0 Å². The first-order valence-corrected chi connectivity index (χ1v) is 6.73. The van der Waals surface area contributed by atoms with Gasteiger partial charge in [-0.15, -0.1) is 11.8 Å². The van der Waals surface area contributed by atoms with Crippen LogP contribution in [0.15, 0.2) is 23.1 Å². The van der Waals surface area contributed by atoms with Crippen molar-refractivity contribution in [3.05, 3.63) is 23.8 Å². The number of anilines is 1. The number of carbonyl (C=O) groups is 1. The van der Waals surface area contributed by atoms with E-state index in [9.17, 15) is 4.79 Å². The molecule has 4 heteroatoms. The van der Waals surface area contributed by atoms with E-state index in [1.807, 2.05) is 39.0 Å². The van der Waals surface area contributed by atoms with Crippen LogP contribution in [0.25, 0.3) is 0 Å². The molecule has 1 unspecified atom stereocenters. The van der Waals surface area contributed by atoms with Gasteiger partial charge in [0.1, 0.15) is 0 Å². The van der Waals surface area contributed by atoms with Gasteiger partial charge in [0.25, 0.3) is 0 Å². The third-order valence-electron chi connectivity index (χ3n) is 2.39. The maximum Gasteiger partial charge on any atom is 0.233 e. The van der Waals surface area contributed by atoms with E-state index >= 15 is 0 Å². The average Bonchev–Trinajstić information content (AvgIpc) is 2.30. The predicted octanol–water partition coefficient (Wildman–Crippen LogP) is 2.58. The number of hydrogen-bond acceptors (Lipinski definition) is 3. The molecule has 0 bridgehead atoms. The van der Waals surface area contributed by atoms with Crippen LogP contribution in [0.4, 0.5) is 5.69 Å². The van der Waals surface area contributed by atoms with E-state index in [1.165, 1.54) is 11.8 Å². The van der Waals surface area contributed by atoms with Crippen molar-refractivity contribution in [1.29, 1.82) is 0 Å². The number of benzene rings is 1. The van der Waals surface area contributed by atoms with Crippen molar-refractivity contribution >= 4 is 23.4 Å². The first-order chi connectivity index (χ1) is 8.04. The number of aryl methyl sites for hydroxylation is 1.